The van der Waals surface area contributed by atoms with Gasteiger partial charge in [-0.2, -0.15) is 0 Å². The maximum Gasteiger partial charge on any atom is 0.343 e. The quantitative estimate of drug-likeness (QED) is 0.750. The summed E-state index contributed by atoms with van der Waals surface area (Å²) < 4.78 is 9.65. The van der Waals surface area contributed by atoms with Gasteiger partial charge in [0, 0.05) is 0 Å². The molecule has 1 aromatic rings. The first-order valence-corrected chi connectivity index (χ1v) is 3.50. The normalized spacial score (nSPS) is 9.38. The average Bonchev–Trinajstić information content (AvgIpc) is 2.16. The predicted molar refractivity (Wildman–Crippen MR) is 44.3 cm³/mol. The molecule has 0 saturated carbocycles. The third-order valence-corrected chi connectivity index (χ3v) is 1.53. The SMILES string of the molecule is COc1cncc(OC)c1C(=O)O. The summed E-state index contributed by atoms with van der Waals surface area (Å²) in [6.45, 7) is 0. The number of rotatable bonds is 3. The van der Waals surface area contributed by atoms with Crippen molar-refractivity contribution in [3.63, 3.8) is 0 Å². The molecule has 1 aromatic heterocycles. The van der Waals surface area contributed by atoms with Gasteiger partial charge >= 0.3 is 5.97 Å². The highest BCUT2D eigenvalue weighted by Gasteiger charge is 2.17. The largest absolute Gasteiger partial charge is 0.494 e. The molecular formula is C8H9NO4. The van der Waals surface area contributed by atoms with E-state index in [9.17, 15) is 4.79 Å². The number of ether oxygens (including phenoxy) is 2. The topological polar surface area (TPSA) is 68.7 Å². The van der Waals surface area contributed by atoms with Crippen molar-refractivity contribution in [1.82, 2.24) is 4.98 Å². The van der Waals surface area contributed by atoms with Crippen molar-refractivity contribution in [2.45, 2.75) is 0 Å². The van der Waals surface area contributed by atoms with Crippen LogP contribution >= 0.6 is 0 Å². The number of nitrogens with zero attached hydrogens (tertiary/aromatic N) is 1. The van der Waals surface area contributed by atoms with E-state index >= 15 is 0 Å². The first-order valence-electron chi connectivity index (χ1n) is 3.50. The molecule has 0 aromatic carbocycles. The fourth-order valence-corrected chi connectivity index (χ4v) is 0.944. The Morgan fingerprint density at radius 2 is 1.77 bits per heavy atom. The minimum absolute atomic E-state index is 0.0139. The molecule has 0 unspecified atom stereocenters. The first kappa shape index (κ1) is 9.31. The van der Waals surface area contributed by atoms with Crippen LogP contribution in [0.2, 0.25) is 0 Å². The van der Waals surface area contributed by atoms with Crippen molar-refractivity contribution >= 4 is 5.97 Å². The number of pyridine rings is 1. The van der Waals surface area contributed by atoms with E-state index in [0.29, 0.717) is 0 Å². The van der Waals surface area contributed by atoms with E-state index in [1.54, 1.807) is 0 Å². The third kappa shape index (κ3) is 1.69. The lowest BCUT2D eigenvalue weighted by molar-refractivity contribution is 0.0689. The van der Waals surface area contributed by atoms with Gasteiger partial charge in [0.1, 0.15) is 5.56 Å². The summed E-state index contributed by atoms with van der Waals surface area (Å²) >= 11 is 0. The highest BCUT2D eigenvalue weighted by Crippen LogP contribution is 2.26. The number of carbonyl (C=O) groups is 1. The number of aromatic carboxylic acids is 1. The minimum atomic E-state index is -1.10. The van der Waals surface area contributed by atoms with Crippen molar-refractivity contribution in [1.29, 1.82) is 0 Å². The van der Waals surface area contributed by atoms with Gasteiger partial charge in [-0.05, 0) is 0 Å². The van der Waals surface area contributed by atoms with Crippen molar-refractivity contribution in [3.05, 3.63) is 18.0 Å². The van der Waals surface area contributed by atoms with Crippen LogP contribution in [0.3, 0.4) is 0 Å². The Hall–Kier alpha value is -1.78. The molecule has 1 heterocycles. The van der Waals surface area contributed by atoms with E-state index in [2.05, 4.69) is 4.98 Å². The fraction of sp³-hybridized carbons (Fsp3) is 0.250. The van der Waals surface area contributed by atoms with Gasteiger partial charge in [-0.25, -0.2) is 4.79 Å². The molecule has 1 rings (SSSR count). The maximum atomic E-state index is 10.8. The molecule has 5 nitrogen and oxygen atoms in total. The van der Waals surface area contributed by atoms with E-state index in [0.717, 1.165) is 0 Å². The molecule has 70 valence electrons. The second-order valence-corrected chi connectivity index (χ2v) is 2.22. The zero-order valence-corrected chi connectivity index (χ0v) is 7.27. The lowest BCUT2D eigenvalue weighted by atomic mass is 10.2. The lowest BCUT2D eigenvalue weighted by Crippen LogP contribution is -2.04. The zero-order valence-electron chi connectivity index (χ0n) is 7.27. The van der Waals surface area contributed by atoms with Crippen LogP contribution in [-0.4, -0.2) is 30.3 Å². The van der Waals surface area contributed by atoms with Gasteiger partial charge in [0.2, 0.25) is 0 Å². The Labute approximate surface area is 74.9 Å². The zero-order chi connectivity index (χ0) is 9.84. The van der Waals surface area contributed by atoms with Gasteiger partial charge in [-0.3, -0.25) is 4.98 Å². The van der Waals surface area contributed by atoms with E-state index in [1.807, 2.05) is 0 Å². The molecule has 0 aliphatic carbocycles. The summed E-state index contributed by atoms with van der Waals surface area (Å²) in [5, 5.41) is 8.82. The summed E-state index contributed by atoms with van der Waals surface area (Å²) in [6.07, 6.45) is 2.65. The molecule has 0 fully saturated rings. The highest BCUT2D eigenvalue weighted by atomic mass is 16.5. The molecule has 0 radical (unpaired) electrons. The van der Waals surface area contributed by atoms with E-state index in [1.165, 1.54) is 26.6 Å². The smallest absolute Gasteiger partial charge is 0.343 e. The molecule has 0 bridgehead atoms. The molecule has 0 aliphatic heterocycles. The number of hydrogen-bond donors (Lipinski definition) is 1. The van der Waals surface area contributed by atoms with Crippen molar-refractivity contribution in [2.24, 2.45) is 0 Å². The summed E-state index contributed by atoms with van der Waals surface area (Å²) in [4.78, 5) is 14.5. The molecule has 1 N–H and O–H groups in total. The van der Waals surface area contributed by atoms with E-state index < -0.39 is 5.97 Å². The average molecular weight is 183 g/mol. The monoisotopic (exact) mass is 183 g/mol. The molecule has 13 heavy (non-hydrogen) atoms. The predicted octanol–water partition coefficient (Wildman–Crippen LogP) is 0.797. The number of carboxylic acid groups (broad SMARTS) is 1. The molecule has 0 spiro atoms. The van der Waals surface area contributed by atoms with Crippen LogP contribution in [0.15, 0.2) is 12.4 Å². The Balaban J connectivity index is 3.29. The first-order chi connectivity index (χ1) is 6.20. The number of carboxylic acids is 1. The highest BCUT2D eigenvalue weighted by molar-refractivity contribution is 5.93. The summed E-state index contributed by atoms with van der Waals surface area (Å²) in [6, 6.07) is 0. The van der Waals surface area contributed by atoms with Crippen molar-refractivity contribution in [2.75, 3.05) is 14.2 Å². The van der Waals surface area contributed by atoms with Gasteiger partial charge in [-0.1, -0.05) is 0 Å². The number of hydrogen-bond acceptors (Lipinski definition) is 4. The standard InChI is InChI=1S/C8H9NO4/c1-12-5-3-9-4-6(13-2)7(5)8(10)11/h3-4H,1-2H3,(H,10,11). The van der Waals surface area contributed by atoms with Crippen LogP contribution in [0, 0.1) is 0 Å². The second kappa shape index (κ2) is 3.75. The summed E-state index contributed by atoms with van der Waals surface area (Å²) in [5.74, 6) is -0.727. The minimum Gasteiger partial charge on any atom is -0.494 e. The van der Waals surface area contributed by atoms with Crippen LogP contribution < -0.4 is 9.47 Å². The van der Waals surface area contributed by atoms with Crippen LogP contribution in [0.4, 0.5) is 0 Å². The molecule has 0 saturated heterocycles. The summed E-state index contributed by atoms with van der Waals surface area (Å²) in [7, 11) is 2.76. The second-order valence-electron chi connectivity index (χ2n) is 2.22. The maximum absolute atomic E-state index is 10.8. The molecular weight excluding hydrogens is 174 g/mol. The van der Waals surface area contributed by atoms with Gasteiger partial charge in [-0.15, -0.1) is 0 Å². The van der Waals surface area contributed by atoms with Crippen LogP contribution in [0.1, 0.15) is 10.4 Å². The van der Waals surface area contributed by atoms with Crippen LogP contribution in [-0.2, 0) is 0 Å². The van der Waals surface area contributed by atoms with Gasteiger partial charge in [0.05, 0.1) is 26.6 Å². The van der Waals surface area contributed by atoms with Crippen LogP contribution in [0.25, 0.3) is 0 Å². The molecule has 0 atom stereocenters. The fourth-order valence-electron chi connectivity index (χ4n) is 0.944. The number of aromatic nitrogens is 1. The van der Waals surface area contributed by atoms with E-state index in [4.69, 9.17) is 14.6 Å². The lowest BCUT2D eigenvalue weighted by Gasteiger charge is -2.07. The molecule has 0 aliphatic rings. The van der Waals surface area contributed by atoms with Gasteiger partial charge < -0.3 is 14.6 Å². The Bertz CT molecular complexity index is 302. The Morgan fingerprint density at radius 1 is 1.31 bits per heavy atom. The third-order valence-electron chi connectivity index (χ3n) is 1.53. The van der Waals surface area contributed by atoms with Crippen LogP contribution in [0.5, 0.6) is 11.5 Å². The Morgan fingerprint density at radius 3 is 2.08 bits per heavy atom. The van der Waals surface area contributed by atoms with Gasteiger partial charge in [0.25, 0.3) is 0 Å². The Kier molecular flexibility index (Phi) is 2.69. The van der Waals surface area contributed by atoms with Gasteiger partial charge in [0.15, 0.2) is 11.5 Å². The van der Waals surface area contributed by atoms with Crippen molar-refractivity contribution < 1.29 is 19.4 Å². The van der Waals surface area contributed by atoms with Crippen molar-refractivity contribution in [3.8, 4) is 11.5 Å². The van der Waals surface area contributed by atoms with E-state index in [-0.39, 0.29) is 17.1 Å². The molecule has 5 heteroatoms. The molecule has 0 amide bonds. The summed E-state index contributed by atoms with van der Waals surface area (Å²) in [5.41, 5.74) is -0.0139. The number of methoxy groups -OCH3 is 2.